The molecule has 5 amide bonds. The highest BCUT2D eigenvalue weighted by Gasteiger charge is 2.43. The topological polar surface area (TPSA) is 176 Å². The second-order valence-corrected chi connectivity index (χ2v) is 13.1. The normalized spacial score (nSPS) is 15.7. The number of rotatable bonds is 12. The van der Waals surface area contributed by atoms with Crippen LogP contribution in [-0.4, -0.2) is 82.2 Å². The van der Waals surface area contributed by atoms with Crippen LogP contribution in [0.25, 0.3) is 0 Å². The molecule has 0 radical (unpaired) electrons. The number of carbonyl (C=O) groups excluding carboxylic acids is 6. The van der Waals surface area contributed by atoms with Crippen molar-refractivity contribution in [2.75, 3.05) is 13.1 Å². The third-order valence-electron chi connectivity index (χ3n) is 6.47. The van der Waals surface area contributed by atoms with E-state index in [1.807, 2.05) is 0 Å². The summed E-state index contributed by atoms with van der Waals surface area (Å²) in [4.78, 5) is 82.5. The SMILES string of the molecule is C=CCC(NC(=O)[C@@H]1CCCN1C(=O)[C@@H](NC(=O)OC(C)(C)C)C(C)(C)C)C(=O)C(=O)NCC(=O)NCc1ccccn1.CCC. The van der Waals surface area contributed by atoms with Crippen LogP contribution in [0.2, 0.25) is 0 Å². The number of carbonyl (C=O) groups is 6. The molecule has 0 saturated carbocycles. The fraction of sp³-hybridized carbons (Fsp3) is 0.606. The van der Waals surface area contributed by atoms with Crippen LogP contribution in [0.1, 0.15) is 86.8 Å². The number of aromatic nitrogens is 1. The zero-order chi connectivity index (χ0) is 35.1. The molecule has 0 aromatic carbocycles. The Morgan fingerprint density at radius 3 is 2.24 bits per heavy atom. The average Bonchev–Trinajstić information content (AvgIpc) is 3.46. The van der Waals surface area contributed by atoms with Gasteiger partial charge in [0.2, 0.25) is 23.5 Å². The summed E-state index contributed by atoms with van der Waals surface area (Å²) in [5.41, 5.74) is -0.851. The van der Waals surface area contributed by atoms with Gasteiger partial charge in [0.05, 0.1) is 18.8 Å². The number of ether oxygens (including phenoxy) is 1. The van der Waals surface area contributed by atoms with Crippen molar-refractivity contribution in [1.82, 2.24) is 31.2 Å². The van der Waals surface area contributed by atoms with E-state index in [1.165, 1.54) is 17.4 Å². The molecule has 1 fully saturated rings. The molecule has 256 valence electrons. The first-order chi connectivity index (χ1) is 21.4. The molecule has 1 aliphatic heterocycles. The van der Waals surface area contributed by atoms with Gasteiger partial charge in [-0.1, -0.05) is 53.2 Å². The maximum Gasteiger partial charge on any atom is 0.408 e. The van der Waals surface area contributed by atoms with Gasteiger partial charge in [-0.05, 0) is 57.6 Å². The fourth-order valence-corrected chi connectivity index (χ4v) is 4.37. The van der Waals surface area contributed by atoms with Gasteiger partial charge in [-0.3, -0.25) is 29.0 Å². The monoisotopic (exact) mass is 644 g/mol. The summed E-state index contributed by atoms with van der Waals surface area (Å²) < 4.78 is 5.33. The van der Waals surface area contributed by atoms with Crippen LogP contribution >= 0.6 is 0 Å². The first-order valence-electron chi connectivity index (χ1n) is 15.6. The smallest absolute Gasteiger partial charge is 0.408 e. The molecule has 0 spiro atoms. The predicted octanol–water partition coefficient (Wildman–Crippen LogP) is 2.79. The zero-order valence-electron chi connectivity index (χ0n) is 28.5. The summed E-state index contributed by atoms with van der Waals surface area (Å²) in [5, 5.41) is 10.1. The fourth-order valence-electron chi connectivity index (χ4n) is 4.37. The van der Waals surface area contributed by atoms with Gasteiger partial charge in [0, 0.05) is 12.7 Å². The second-order valence-electron chi connectivity index (χ2n) is 13.1. The highest BCUT2D eigenvalue weighted by atomic mass is 16.6. The van der Waals surface area contributed by atoms with Crippen LogP contribution in [0.4, 0.5) is 4.79 Å². The molecule has 13 nitrogen and oxygen atoms in total. The van der Waals surface area contributed by atoms with Crippen LogP contribution in [0.15, 0.2) is 37.1 Å². The number of nitrogens with zero attached hydrogens (tertiary/aromatic N) is 2. The van der Waals surface area contributed by atoms with Crippen LogP contribution in [-0.2, 0) is 35.3 Å². The van der Waals surface area contributed by atoms with Gasteiger partial charge >= 0.3 is 6.09 Å². The Balaban J connectivity index is 0.00000338. The van der Waals surface area contributed by atoms with E-state index in [0.29, 0.717) is 18.5 Å². The number of likely N-dealkylation sites (tertiary alicyclic amines) is 1. The van der Waals surface area contributed by atoms with Crippen molar-refractivity contribution < 1.29 is 33.5 Å². The maximum absolute atomic E-state index is 13.6. The average molecular weight is 645 g/mol. The van der Waals surface area contributed by atoms with Crippen LogP contribution in [0, 0.1) is 5.41 Å². The molecule has 0 aliphatic carbocycles. The van der Waals surface area contributed by atoms with Crippen molar-refractivity contribution in [3.05, 3.63) is 42.7 Å². The first kappa shape index (κ1) is 39.7. The summed E-state index contributed by atoms with van der Waals surface area (Å²) in [5.74, 6) is -3.60. The Kier molecular flexibility index (Phi) is 16.1. The summed E-state index contributed by atoms with van der Waals surface area (Å²) >= 11 is 0. The van der Waals surface area contributed by atoms with E-state index in [4.69, 9.17) is 4.74 Å². The maximum atomic E-state index is 13.6. The lowest BCUT2D eigenvalue weighted by Crippen LogP contribution is -2.59. The molecular weight excluding hydrogens is 592 g/mol. The van der Waals surface area contributed by atoms with Gasteiger partial charge in [0.15, 0.2) is 0 Å². The third kappa shape index (κ3) is 13.8. The molecule has 3 atom stereocenters. The largest absolute Gasteiger partial charge is 0.444 e. The number of ketones is 1. The molecule has 4 N–H and O–H groups in total. The van der Waals surface area contributed by atoms with Gasteiger partial charge in [0.25, 0.3) is 5.91 Å². The van der Waals surface area contributed by atoms with Crippen LogP contribution in [0.3, 0.4) is 0 Å². The Bertz CT molecular complexity index is 1210. The number of nitrogens with one attached hydrogen (secondary N) is 4. The van der Waals surface area contributed by atoms with E-state index in [0.717, 1.165) is 0 Å². The Morgan fingerprint density at radius 1 is 1.04 bits per heavy atom. The van der Waals surface area contributed by atoms with Crippen LogP contribution < -0.4 is 21.3 Å². The van der Waals surface area contributed by atoms with E-state index < -0.39 is 71.2 Å². The summed E-state index contributed by atoms with van der Waals surface area (Å²) in [6.45, 7) is 18.3. The molecule has 13 heteroatoms. The number of amides is 5. The van der Waals surface area contributed by atoms with E-state index in [-0.39, 0.29) is 19.5 Å². The molecular formula is C33H52N6O7. The lowest BCUT2D eigenvalue weighted by Gasteiger charge is -2.36. The number of pyridine rings is 1. The summed E-state index contributed by atoms with van der Waals surface area (Å²) in [7, 11) is 0. The molecule has 1 saturated heterocycles. The second kappa shape index (κ2) is 18.6. The third-order valence-corrected chi connectivity index (χ3v) is 6.47. The van der Waals surface area contributed by atoms with E-state index in [2.05, 4.69) is 46.7 Å². The first-order valence-corrected chi connectivity index (χ1v) is 15.6. The number of alkyl carbamates (subject to hydrolysis) is 1. The Labute approximate surface area is 272 Å². The highest BCUT2D eigenvalue weighted by molar-refractivity contribution is 6.38. The highest BCUT2D eigenvalue weighted by Crippen LogP contribution is 2.26. The lowest BCUT2D eigenvalue weighted by atomic mass is 9.85. The molecule has 2 heterocycles. The van der Waals surface area contributed by atoms with Gasteiger partial charge < -0.3 is 30.9 Å². The standard InChI is InChI=1S/C30H44N6O7.C3H8/c1-8-12-20(23(38)26(40)33-18-22(37)32-17-19-13-9-10-15-31-19)34-25(39)21-14-11-16-36(21)27(41)24(29(2,3)4)35-28(42)43-30(5,6)7;1-3-2/h8-10,13,15,20-21,24H,1,11-12,14,16-18H2,2-7H3,(H,32,37)(H,33,40)(H,34,39)(H,35,42);3H2,1-2H3/t20?,21-,24+;/m0./s1. The lowest BCUT2D eigenvalue weighted by molar-refractivity contribution is -0.144. The molecule has 2 rings (SSSR count). The van der Waals surface area contributed by atoms with Crippen LogP contribution in [0.5, 0.6) is 0 Å². The van der Waals surface area contributed by atoms with Gasteiger partial charge in [-0.2, -0.15) is 0 Å². The molecule has 1 aromatic heterocycles. The summed E-state index contributed by atoms with van der Waals surface area (Å²) in [6, 6.07) is 2.08. The number of hydrogen-bond donors (Lipinski definition) is 4. The molecule has 1 aliphatic rings. The predicted molar refractivity (Wildman–Crippen MR) is 174 cm³/mol. The van der Waals surface area contributed by atoms with E-state index in [9.17, 15) is 28.8 Å². The van der Waals surface area contributed by atoms with Crippen molar-refractivity contribution in [3.8, 4) is 0 Å². The van der Waals surface area contributed by atoms with Gasteiger partial charge in [0.1, 0.15) is 23.7 Å². The van der Waals surface area contributed by atoms with E-state index in [1.54, 1.807) is 65.9 Å². The van der Waals surface area contributed by atoms with E-state index >= 15 is 0 Å². The quantitative estimate of drug-likeness (QED) is 0.198. The molecule has 1 unspecified atom stereocenters. The van der Waals surface area contributed by atoms with Crippen molar-refractivity contribution in [1.29, 1.82) is 0 Å². The van der Waals surface area contributed by atoms with Gasteiger partial charge in [-0.25, -0.2) is 4.79 Å². The minimum Gasteiger partial charge on any atom is -0.444 e. The number of Topliss-reactive ketones (excluding diaryl/α,β-unsaturated/α-hetero) is 1. The Hall–Kier alpha value is -4.29. The van der Waals surface area contributed by atoms with Crippen molar-refractivity contribution >= 4 is 35.5 Å². The minimum absolute atomic E-state index is 0.0463. The van der Waals surface area contributed by atoms with Crippen molar-refractivity contribution in [2.45, 2.75) is 111 Å². The summed E-state index contributed by atoms with van der Waals surface area (Å²) in [6.07, 6.45) is 4.28. The van der Waals surface area contributed by atoms with Crippen molar-refractivity contribution in [3.63, 3.8) is 0 Å². The molecule has 46 heavy (non-hydrogen) atoms. The van der Waals surface area contributed by atoms with Gasteiger partial charge in [-0.15, -0.1) is 6.58 Å². The molecule has 1 aromatic rings. The van der Waals surface area contributed by atoms with Crippen molar-refractivity contribution in [2.24, 2.45) is 5.41 Å². The zero-order valence-corrected chi connectivity index (χ0v) is 28.5. The minimum atomic E-state index is -1.25. The number of hydrogen-bond acceptors (Lipinski definition) is 8. The molecule has 0 bridgehead atoms. The Morgan fingerprint density at radius 2 is 1.70 bits per heavy atom.